The van der Waals surface area contributed by atoms with Gasteiger partial charge in [-0.3, -0.25) is 4.79 Å². The van der Waals surface area contributed by atoms with E-state index in [-0.39, 0.29) is 0 Å². The first-order valence-corrected chi connectivity index (χ1v) is 6.27. The van der Waals surface area contributed by atoms with Crippen molar-refractivity contribution in [1.29, 1.82) is 0 Å². The van der Waals surface area contributed by atoms with Gasteiger partial charge in [0, 0.05) is 12.1 Å². The number of benzene rings is 2. The molecule has 5 nitrogen and oxygen atoms in total. The Kier molecular flexibility index (Phi) is 2.96. The van der Waals surface area contributed by atoms with E-state index >= 15 is 0 Å². The first-order chi connectivity index (χ1) is 9.69. The highest BCUT2D eigenvalue weighted by Crippen LogP contribution is 2.23. The van der Waals surface area contributed by atoms with Crippen molar-refractivity contribution in [3.63, 3.8) is 0 Å². The summed E-state index contributed by atoms with van der Waals surface area (Å²) in [6.45, 7) is 0.506. The smallest absolute Gasteiger partial charge is 0.250 e. The minimum atomic E-state index is -0.480. The fourth-order valence-corrected chi connectivity index (χ4v) is 2.17. The summed E-state index contributed by atoms with van der Waals surface area (Å²) in [6, 6.07) is 13.1. The van der Waals surface area contributed by atoms with E-state index in [4.69, 9.17) is 11.5 Å². The topological polar surface area (TPSA) is 97.8 Å². The van der Waals surface area contributed by atoms with Gasteiger partial charge in [-0.05, 0) is 17.7 Å². The number of carbonyl (C=O) groups excluding carboxylic acids is 1. The van der Waals surface area contributed by atoms with Crippen molar-refractivity contribution >= 4 is 16.9 Å². The van der Waals surface area contributed by atoms with Crippen molar-refractivity contribution in [2.24, 2.45) is 11.5 Å². The third-order valence-electron chi connectivity index (χ3n) is 3.24. The maximum absolute atomic E-state index is 11.4. The van der Waals surface area contributed by atoms with E-state index in [1.165, 1.54) is 0 Å². The van der Waals surface area contributed by atoms with Gasteiger partial charge in [0.15, 0.2) is 0 Å². The Bertz CT molecular complexity index is 774. The largest absolute Gasteiger partial charge is 0.366 e. The third-order valence-corrected chi connectivity index (χ3v) is 3.24. The van der Waals surface area contributed by atoms with Crippen LogP contribution >= 0.6 is 0 Å². The second-order valence-electron chi connectivity index (χ2n) is 4.55. The summed E-state index contributed by atoms with van der Waals surface area (Å²) in [5, 5.41) is 0. The number of H-pyrrole nitrogens is 1. The number of aromatic amines is 1. The summed E-state index contributed by atoms with van der Waals surface area (Å²) in [7, 11) is 0. The van der Waals surface area contributed by atoms with Gasteiger partial charge in [-0.15, -0.1) is 0 Å². The lowest BCUT2D eigenvalue weighted by Crippen LogP contribution is -2.11. The number of fused-ring (bicyclic) bond motifs is 1. The van der Waals surface area contributed by atoms with Crippen molar-refractivity contribution in [2.75, 3.05) is 0 Å². The molecule has 0 saturated carbocycles. The van der Waals surface area contributed by atoms with Crippen molar-refractivity contribution in [3.8, 4) is 11.4 Å². The van der Waals surface area contributed by atoms with Gasteiger partial charge in [0.05, 0.1) is 11.1 Å². The van der Waals surface area contributed by atoms with Crippen LogP contribution in [0.2, 0.25) is 0 Å². The predicted molar refractivity (Wildman–Crippen MR) is 77.9 cm³/mol. The average Bonchev–Trinajstić information content (AvgIpc) is 2.90. The van der Waals surface area contributed by atoms with Crippen molar-refractivity contribution in [3.05, 3.63) is 53.6 Å². The summed E-state index contributed by atoms with van der Waals surface area (Å²) in [5.41, 5.74) is 14.7. The maximum Gasteiger partial charge on any atom is 0.250 e. The second-order valence-corrected chi connectivity index (χ2v) is 4.55. The SMILES string of the molecule is NCc1ccc(-c2nc3c(C(N)=O)cccc3[nH]2)cc1. The normalized spacial score (nSPS) is 10.8. The molecule has 0 saturated heterocycles. The summed E-state index contributed by atoms with van der Waals surface area (Å²) < 4.78 is 0. The number of amides is 1. The number of rotatable bonds is 3. The number of aromatic nitrogens is 2. The number of primary amides is 1. The average molecular weight is 266 g/mol. The van der Waals surface area contributed by atoms with Crippen LogP contribution in [-0.4, -0.2) is 15.9 Å². The minimum absolute atomic E-state index is 0.420. The quantitative estimate of drug-likeness (QED) is 0.674. The zero-order valence-corrected chi connectivity index (χ0v) is 10.8. The van der Waals surface area contributed by atoms with Crippen molar-refractivity contribution in [1.82, 2.24) is 9.97 Å². The van der Waals surface area contributed by atoms with E-state index in [0.29, 0.717) is 23.4 Å². The molecule has 0 atom stereocenters. The van der Waals surface area contributed by atoms with E-state index in [1.807, 2.05) is 30.3 Å². The Morgan fingerprint density at radius 3 is 2.55 bits per heavy atom. The molecule has 0 radical (unpaired) electrons. The van der Waals surface area contributed by atoms with Gasteiger partial charge in [-0.25, -0.2) is 4.98 Å². The molecule has 3 rings (SSSR count). The van der Waals surface area contributed by atoms with Crippen molar-refractivity contribution < 1.29 is 4.79 Å². The molecule has 100 valence electrons. The third kappa shape index (κ3) is 2.04. The monoisotopic (exact) mass is 266 g/mol. The Hall–Kier alpha value is -2.66. The van der Waals surface area contributed by atoms with Crippen LogP contribution < -0.4 is 11.5 Å². The number of imidazole rings is 1. The van der Waals surface area contributed by atoms with Crippen LogP contribution in [0.1, 0.15) is 15.9 Å². The summed E-state index contributed by atoms with van der Waals surface area (Å²) in [4.78, 5) is 19.1. The van der Waals surface area contributed by atoms with Gasteiger partial charge in [0.25, 0.3) is 5.91 Å². The fraction of sp³-hybridized carbons (Fsp3) is 0.0667. The van der Waals surface area contributed by atoms with Gasteiger partial charge in [-0.1, -0.05) is 30.3 Å². The van der Waals surface area contributed by atoms with Crippen LogP contribution in [0.15, 0.2) is 42.5 Å². The van der Waals surface area contributed by atoms with Crippen LogP contribution in [0.25, 0.3) is 22.4 Å². The van der Waals surface area contributed by atoms with E-state index in [9.17, 15) is 4.79 Å². The summed E-state index contributed by atoms with van der Waals surface area (Å²) in [5.74, 6) is 0.226. The lowest BCUT2D eigenvalue weighted by molar-refractivity contribution is 0.100. The van der Waals surface area contributed by atoms with Crippen LogP contribution in [0.3, 0.4) is 0 Å². The lowest BCUT2D eigenvalue weighted by atomic mass is 10.1. The molecule has 3 aromatic rings. The molecule has 0 unspecified atom stereocenters. The van der Waals surface area contributed by atoms with E-state index in [2.05, 4.69) is 9.97 Å². The molecule has 1 amide bonds. The second kappa shape index (κ2) is 4.79. The molecule has 2 aromatic carbocycles. The zero-order chi connectivity index (χ0) is 14.1. The van der Waals surface area contributed by atoms with Gasteiger partial charge >= 0.3 is 0 Å². The first kappa shape index (κ1) is 12.4. The lowest BCUT2D eigenvalue weighted by Gasteiger charge is -1.98. The number of nitrogens with zero attached hydrogens (tertiary/aromatic N) is 1. The summed E-state index contributed by atoms with van der Waals surface area (Å²) in [6.07, 6.45) is 0. The molecule has 0 fully saturated rings. The number of hydrogen-bond acceptors (Lipinski definition) is 3. The Morgan fingerprint density at radius 2 is 1.90 bits per heavy atom. The molecule has 20 heavy (non-hydrogen) atoms. The highest BCUT2D eigenvalue weighted by atomic mass is 16.1. The van der Waals surface area contributed by atoms with Crippen molar-refractivity contribution in [2.45, 2.75) is 6.54 Å². The highest BCUT2D eigenvalue weighted by Gasteiger charge is 2.11. The standard InChI is InChI=1S/C15H14N4O/c16-8-9-4-6-10(7-5-9)15-18-12-3-1-2-11(14(17)20)13(12)19-15/h1-7H,8,16H2,(H2,17,20)(H,18,19). The number of carbonyl (C=O) groups is 1. The van der Waals surface area contributed by atoms with E-state index < -0.39 is 5.91 Å². The number of hydrogen-bond donors (Lipinski definition) is 3. The first-order valence-electron chi connectivity index (χ1n) is 6.27. The number of nitrogens with two attached hydrogens (primary N) is 2. The van der Waals surface area contributed by atoms with Gasteiger partial charge in [-0.2, -0.15) is 0 Å². The highest BCUT2D eigenvalue weighted by molar-refractivity contribution is 6.04. The van der Waals surface area contributed by atoms with Crippen LogP contribution in [-0.2, 0) is 6.54 Å². The molecule has 5 N–H and O–H groups in total. The maximum atomic E-state index is 11.4. The Balaban J connectivity index is 2.12. The Morgan fingerprint density at radius 1 is 1.15 bits per heavy atom. The van der Waals surface area contributed by atoms with E-state index in [1.54, 1.807) is 12.1 Å². The minimum Gasteiger partial charge on any atom is -0.366 e. The predicted octanol–water partition coefficient (Wildman–Crippen LogP) is 1.79. The van der Waals surface area contributed by atoms with Crippen LogP contribution in [0, 0.1) is 0 Å². The fourth-order valence-electron chi connectivity index (χ4n) is 2.17. The van der Waals surface area contributed by atoms with Gasteiger partial charge in [0.2, 0.25) is 0 Å². The molecule has 0 aliphatic heterocycles. The molecule has 5 heteroatoms. The van der Waals surface area contributed by atoms with Gasteiger partial charge < -0.3 is 16.5 Å². The molecule has 1 aromatic heterocycles. The Labute approximate surface area is 115 Å². The zero-order valence-electron chi connectivity index (χ0n) is 10.8. The summed E-state index contributed by atoms with van der Waals surface area (Å²) >= 11 is 0. The molecule has 0 bridgehead atoms. The molecular weight excluding hydrogens is 252 g/mol. The molecule has 0 spiro atoms. The number of para-hydroxylation sites is 1. The van der Waals surface area contributed by atoms with Crippen LogP contribution in [0.4, 0.5) is 0 Å². The molecule has 0 aliphatic rings. The molecule has 0 aliphatic carbocycles. The van der Waals surface area contributed by atoms with E-state index in [0.717, 1.165) is 16.6 Å². The van der Waals surface area contributed by atoms with Crippen LogP contribution in [0.5, 0.6) is 0 Å². The number of nitrogens with one attached hydrogen (secondary N) is 1. The molecular formula is C15H14N4O. The van der Waals surface area contributed by atoms with Gasteiger partial charge in [0.1, 0.15) is 11.3 Å². The molecule has 1 heterocycles.